The Morgan fingerprint density at radius 3 is 2.56 bits per heavy atom. The van der Waals surface area contributed by atoms with Crippen molar-refractivity contribution in [2.24, 2.45) is 0 Å². The van der Waals surface area contributed by atoms with Crippen LogP contribution in [-0.4, -0.2) is 60.8 Å². The molecule has 18 heavy (non-hydrogen) atoms. The molecular weight excluding hydrogens is 230 g/mol. The van der Waals surface area contributed by atoms with E-state index < -0.39 is 0 Å². The second-order valence-electron chi connectivity index (χ2n) is 4.47. The van der Waals surface area contributed by atoms with Crippen molar-refractivity contribution in [2.75, 3.05) is 44.7 Å². The van der Waals surface area contributed by atoms with E-state index in [1.807, 2.05) is 19.1 Å². The maximum absolute atomic E-state index is 11.3. The van der Waals surface area contributed by atoms with E-state index in [9.17, 15) is 4.79 Å². The van der Waals surface area contributed by atoms with E-state index in [0.29, 0.717) is 6.54 Å². The van der Waals surface area contributed by atoms with Crippen molar-refractivity contribution in [1.29, 1.82) is 0 Å². The zero-order chi connectivity index (χ0) is 13.0. The number of nitrogens with one attached hydrogen (secondary N) is 1. The van der Waals surface area contributed by atoms with Crippen LogP contribution in [0.5, 0.6) is 0 Å². The van der Waals surface area contributed by atoms with Crippen molar-refractivity contribution in [2.45, 2.75) is 6.92 Å². The van der Waals surface area contributed by atoms with Crippen molar-refractivity contribution in [3.05, 3.63) is 17.8 Å². The van der Waals surface area contributed by atoms with E-state index in [0.717, 1.165) is 37.7 Å². The lowest BCUT2D eigenvalue weighted by Crippen LogP contribution is -2.49. The van der Waals surface area contributed by atoms with Gasteiger partial charge in [0.15, 0.2) is 5.82 Å². The smallest absolute Gasteiger partial charge is 0.233 e. The maximum atomic E-state index is 11.3. The number of anilines is 1. The Bertz CT molecular complexity index is 397. The Labute approximate surface area is 107 Å². The molecule has 2 rings (SSSR count). The molecule has 98 valence electrons. The van der Waals surface area contributed by atoms with Crippen LogP contribution >= 0.6 is 0 Å². The molecule has 1 aliphatic rings. The Hall–Kier alpha value is -1.69. The van der Waals surface area contributed by atoms with Gasteiger partial charge in [0, 0.05) is 33.2 Å². The number of hydrogen-bond donors (Lipinski definition) is 1. The molecule has 0 radical (unpaired) electrons. The largest absolute Gasteiger partial charge is 0.358 e. The van der Waals surface area contributed by atoms with Gasteiger partial charge < -0.3 is 10.2 Å². The lowest BCUT2D eigenvalue weighted by atomic mass is 10.3. The van der Waals surface area contributed by atoms with Gasteiger partial charge in [-0.15, -0.1) is 5.10 Å². The summed E-state index contributed by atoms with van der Waals surface area (Å²) >= 11 is 0. The lowest BCUT2D eigenvalue weighted by molar-refractivity contribution is -0.121. The molecular formula is C12H19N5O. The molecule has 1 amide bonds. The van der Waals surface area contributed by atoms with Gasteiger partial charge in [-0.3, -0.25) is 9.69 Å². The van der Waals surface area contributed by atoms with Gasteiger partial charge in [0.2, 0.25) is 5.91 Å². The van der Waals surface area contributed by atoms with Crippen molar-refractivity contribution in [3.63, 3.8) is 0 Å². The van der Waals surface area contributed by atoms with Crippen LogP contribution < -0.4 is 10.2 Å². The molecule has 6 heteroatoms. The summed E-state index contributed by atoms with van der Waals surface area (Å²) in [7, 11) is 1.67. The average Bonchev–Trinajstić information content (AvgIpc) is 2.40. The first kappa shape index (κ1) is 12.8. The minimum absolute atomic E-state index is 0.0681. The third-order valence-electron chi connectivity index (χ3n) is 3.13. The summed E-state index contributed by atoms with van der Waals surface area (Å²) in [4.78, 5) is 15.6. The molecule has 0 bridgehead atoms. The second-order valence-corrected chi connectivity index (χ2v) is 4.47. The van der Waals surface area contributed by atoms with Crippen LogP contribution in [0.25, 0.3) is 0 Å². The maximum Gasteiger partial charge on any atom is 0.233 e. The minimum Gasteiger partial charge on any atom is -0.358 e. The number of amides is 1. The Balaban J connectivity index is 1.86. The minimum atomic E-state index is 0.0681. The van der Waals surface area contributed by atoms with Crippen LogP contribution in [0.2, 0.25) is 0 Å². The highest BCUT2D eigenvalue weighted by Crippen LogP contribution is 2.12. The van der Waals surface area contributed by atoms with Gasteiger partial charge in [0.1, 0.15) is 0 Å². The molecule has 0 atom stereocenters. The normalized spacial score (nSPS) is 16.7. The average molecular weight is 249 g/mol. The van der Waals surface area contributed by atoms with Gasteiger partial charge in [-0.25, -0.2) is 0 Å². The molecule has 0 saturated carbocycles. The predicted octanol–water partition coefficient (Wildman–Crippen LogP) is -0.347. The first-order valence-corrected chi connectivity index (χ1v) is 6.17. The molecule has 1 N–H and O–H groups in total. The van der Waals surface area contributed by atoms with Gasteiger partial charge >= 0.3 is 0 Å². The first-order valence-electron chi connectivity index (χ1n) is 6.17. The van der Waals surface area contributed by atoms with Crippen LogP contribution in [0, 0.1) is 6.92 Å². The quantitative estimate of drug-likeness (QED) is 0.793. The van der Waals surface area contributed by atoms with Gasteiger partial charge in [0.25, 0.3) is 0 Å². The molecule has 0 aromatic carbocycles. The fraction of sp³-hybridized carbons (Fsp3) is 0.583. The summed E-state index contributed by atoms with van der Waals surface area (Å²) in [5, 5.41) is 10.9. The Morgan fingerprint density at radius 2 is 2.00 bits per heavy atom. The van der Waals surface area contributed by atoms with Gasteiger partial charge in [0.05, 0.1) is 12.2 Å². The number of carbonyl (C=O) groups excluding carboxylic acids is 1. The Morgan fingerprint density at radius 1 is 1.28 bits per heavy atom. The van der Waals surface area contributed by atoms with E-state index in [1.165, 1.54) is 0 Å². The third-order valence-corrected chi connectivity index (χ3v) is 3.13. The van der Waals surface area contributed by atoms with Crippen LogP contribution in [0.15, 0.2) is 12.1 Å². The third kappa shape index (κ3) is 3.16. The van der Waals surface area contributed by atoms with Crippen LogP contribution in [0.1, 0.15) is 5.69 Å². The van der Waals surface area contributed by atoms with Gasteiger partial charge in [-0.05, 0) is 19.1 Å². The van der Waals surface area contributed by atoms with E-state index in [1.54, 1.807) is 7.05 Å². The van der Waals surface area contributed by atoms with E-state index in [4.69, 9.17) is 0 Å². The lowest BCUT2D eigenvalue weighted by Gasteiger charge is -2.34. The molecule has 0 unspecified atom stereocenters. The summed E-state index contributed by atoms with van der Waals surface area (Å²) in [5.74, 6) is 0.985. The first-order chi connectivity index (χ1) is 8.69. The fourth-order valence-electron chi connectivity index (χ4n) is 1.98. The van der Waals surface area contributed by atoms with Crippen LogP contribution in [0.4, 0.5) is 5.82 Å². The molecule has 0 aliphatic carbocycles. The molecule has 1 aliphatic heterocycles. The van der Waals surface area contributed by atoms with Crippen molar-refractivity contribution in [1.82, 2.24) is 20.4 Å². The highest BCUT2D eigenvalue weighted by atomic mass is 16.1. The molecule has 1 aromatic heterocycles. The molecule has 2 heterocycles. The van der Waals surface area contributed by atoms with Crippen molar-refractivity contribution in [3.8, 4) is 0 Å². The number of piperazine rings is 1. The van der Waals surface area contributed by atoms with E-state index >= 15 is 0 Å². The number of hydrogen-bond acceptors (Lipinski definition) is 5. The number of carbonyl (C=O) groups is 1. The van der Waals surface area contributed by atoms with Gasteiger partial charge in [-0.1, -0.05) is 0 Å². The topological polar surface area (TPSA) is 61.4 Å². The summed E-state index contributed by atoms with van der Waals surface area (Å²) in [6, 6.07) is 3.97. The summed E-state index contributed by atoms with van der Waals surface area (Å²) < 4.78 is 0. The fourth-order valence-corrected chi connectivity index (χ4v) is 1.98. The molecule has 1 aromatic rings. The molecule has 6 nitrogen and oxygen atoms in total. The van der Waals surface area contributed by atoms with Crippen LogP contribution in [-0.2, 0) is 4.79 Å². The number of nitrogens with zero attached hydrogens (tertiary/aromatic N) is 4. The summed E-state index contributed by atoms with van der Waals surface area (Å²) in [5.41, 5.74) is 0.928. The molecule has 1 fully saturated rings. The number of aromatic nitrogens is 2. The van der Waals surface area contributed by atoms with E-state index in [-0.39, 0.29) is 5.91 Å². The SMILES string of the molecule is CNC(=O)CN1CCN(c2ccc(C)nn2)CC1. The standard InChI is InChI=1S/C12H19N5O/c1-10-3-4-11(15-14-10)17-7-5-16(6-8-17)9-12(18)13-2/h3-4H,5-9H2,1-2H3,(H,13,18). The number of likely N-dealkylation sites (N-methyl/N-ethyl adjacent to an activating group) is 1. The zero-order valence-corrected chi connectivity index (χ0v) is 10.9. The second kappa shape index (κ2) is 5.77. The highest BCUT2D eigenvalue weighted by Gasteiger charge is 2.19. The van der Waals surface area contributed by atoms with Crippen molar-refractivity contribution >= 4 is 11.7 Å². The zero-order valence-electron chi connectivity index (χ0n) is 10.9. The summed E-state index contributed by atoms with van der Waals surface area (Å²) in [6.45, 7) is 5.93. The highest BCUT2D eigenvalue weighted by molar-refractivity contribution is 5.77. The van der Waals surface area contributed by atoms with E-state index in [2.05, 4.69) is 25.3 Å². The molecule has 1 saturated heterocycles. The predicted molar refractivity (Wildman–Crippen MR) is 69.5 cm³/mol. The number of rotatable bonds is 3. The summed E-state index contributed by atoms with van der Waals surface area (Å²) in [6.07, 6.45) is 0. The van der Waals surface area contributed by atoms with Crippen molar-refractivity contribution < 1.29 is 4.79 Å². The van der Waals surface area contributed by atoms with Crippen LogP contribution in [0.3, 0.4) is 0 Å². The van der Waals surface area contributed by atoms with Gasteiger partial charge in [-0.2, -0.15) is 5.10 Å². The molecule has 0 spiro atoms. The monoisotopic (exact) mass is 249 g/mol. The number of aryl methyl sites for hydroxylation is 1. The Kier molecular flexibility index (Phi) is 4.09.